The number of hydrogen-bond donors (Lipinski definition) is 1. The number of nitrogens with zero attached hydrogens (tertiary/aromatic N) is 5. The maximum atomic E-state index is 13.2. The van der Waals surface area contributed by atoms with Crippen molar-refractivity contribution < 1.29 is 24.2 Å². The molecule has 0 unspecified atom stereocenters. The molecular weight excluding hydrogens is 390 g/mol. The first-order valence-corrected chi connectivity index (χ1v) is 9.05. The van der Waals surface area contributed by atoms with Crippen molar-refractivity contribution >= 4 is 23.5 Å². The van der Waals surface area contributed by atoms with Gasteiger partial charge in [0.05, 0.1) is 17.0 Å². The van der Waals surface area contributed by atoms with Gasteiger partial charge in [0.1, 0.15) is 11.4 Å². The monoisotopic (exact) mass is 416 g/mol. The SMILES string of the molecule is Cc1c(C)[n+](C(C)C)c(C(=O)N(C)C(=O)N(C)/C(O)=C(\Cl)[N+](=O)[O-])n1C(C)C. The normalized spacial score (nSPS) is 12.2. The summed E-state index contributed by atoms with van der Waals surface area (Å²) >= 11 is 5.39. The van der Waals surface area contributed by atoms with Crippen LogP contribution in [0.15, 0.2) is 11.0 Å². The quantitative estimate of drug-likeness (QED) is 0.260. The number of imidazole rings is 1. The number of aromatic nitrogens is 2. The number of rotatable bonds is 5. The van der Waals surface area contributed by atoms with Crippen LogP contribution in [0.3, 0.4) is 0 Å². The molecule has 1 heterocycles. The molecule has 0 radical (unpaired) electrons. The highest BCUT2D eigenvalue weighted by Gasteiger charge is 2.39. The van der Waals surface area contributed by atoms with Crippen molar-refractivity contribution in [2.24, 2.45) is 0 Å². The molecule has 0 spiro atoms. The molecular formula is C17H27ClN5O5+. The van der Waals surface area contributed by atoms with E-state index in [1.807, 2.05) is 50.7 Å². The molecule has 0 saturated heterocycles. The molecule has 3 amide bonds. The third-order valence-corrected chi connectivity index (χ3v) is 4.77. The van der Waals surface area contributed by atoms with Crippen molar-refractivity contribution in [1.82, 2.24) is 14.4 Å². The van der Waals surface area contributed by atoms with Crippen LogP contribution < -0.4 is 4.57 Å². The van der Waals surface area contributed by atoms with Crippen molar-refractivity contribution in [2.45, 2.75) is 53.6 Å². The van der Waals surface area contributed by atoms with Gasteiger partial charge in [-0.05, 0) is 27.7 Å². The van der Waals surface area contributed by atoms with Crippen LogP contribution in [-0.4, -0.2) is 50.4 Å². The van der Waals surface area contributed by atoms with Crippen molar-refractivity contribution in [2.75, 3.05) is 14.1 Å². The van der Waals surface area contributed by atoms with E-state index in [4.69, 9.17) is 11.6 Å². The summed E-state index contributed by atoms with van der Waals surface area (Å²) in [6.07, 6.45) is 0. The number of hydrogen-bond acceptors (Lipinski definition) is 5. The van der Waals surface area contributed by atoms with Gasteiger partial charge in [0.15, 0.2) is 0 Å². The zero-order valence-electron chi connectivity index (χ0n) is 17.3. The molecule has 0 aromatic carbocycles. The van der Waals surface area contributed by atoms with Crippen LogP contribution >= 0.6 is 11.6 Å². The van der Waals surface area contributed by atoms with Crippen molar-refractivity contribution in [3.8, 4) is 0 Å². The Morgan fingerprint density at radius 1 is 1.18 bits per heavy atom. The van der Waals surface area contributed by atoms with E-state index in [1.54, 1.807) is 0 Å². The zero-order valence-corrected chi connectivity index (χ0v) is 18.1. The van der Waals surface area contributed by atoms with Gasteiger partial charge in [0.2, 0.25) is 0 Å². The minimum atomic E-state index is -1.12. The van der Waals surface area contributed by atoms with Gasteiger partial charge in [-0.1, -0.05) is 0 Å². The van der Waals surface area contributed by atoms with E-state index in [9.17, 15) is 24.8 Å². The molecule has 0 aliphatic rings. The molecule has 0 bridgehead atoms. The van der Waals surface area contributed by atoms with Gasteiger partial charge in [-0.25, -0.2) is 13.9 Å². The predicted molar refractivity (Wildman–Crippen MR) is 103 cm³/mol. The predicted octanol–water partition coefficient (Wildman–Crippen LogP) is 2.88. The first kappa shape index (κ1) is 23.4. The molecule has 1 aromatic rings. The van der Waals surface area contributed by atoms with E-state index in [0.717, 1.165) is 23.3 Å². The molecule has 1 rings (SSSR count). The summed E-state index contributed by atoms with van der Waals surface area (Å²) in [4.78, 5) is 36.8. The van der Waals surface area contributed by atoms with Gasteiger partial charge >= 0.3 is 22.9 Å². The first-order chi connectivity index (χ1) is 12.7. The lowest BCUT2D eigenvalue weighted by Gasteiger charge is -2.22. The fourth-order valence-electron chi connectivity index (χ4n) is 3.02. The number of urea groups is 1. The smallest absolute Gasteiger partial charge is 0.397 e. The van der Waals surface area contributed by atoms with Crippen molar-refractivity contribution in [3.63, 3.8) is 0 Å². The molecule has 156 valence electrons. The van der Waals surface area contributed by atoms with Crippen LogP contribution in [0.1, 0.15) is 61.8 Å². The molecule has 28 heavy (non-hydrogen) atoms. The van der Waals surface area contributed by atoms with E-state index < -0.39 is 27.9 Å². The van der Waals surface area contributed by atoms with Crippen LogP contribution in [0.4, 0.5) is 4.79 Å². The van der Waals surface area contributed by atoms with Gasteiger partial charge in [-0.15, -0.1) is 0 Å². The molecule has 0 aliphatic carbocycles. The van der Waals surface area contributed by atoms with Crippen molar-refractivity contribution in [1.29, 1.82) is 0 Å². The second-order valence-electron chi connectivity index (χ2n) is 7.00. The van der Waals surface area contributed by atoms with Crippen LogP contribution in [0, 0.1) is 24.0 Å². The number of nitro groups is 1. The minimum absolute atomic E-state index is 0.0453. The molecule has 10 nitrogen and oxygen atoms in total. The van der Waals surface area contributed by atoms with E-state index in [1.165, 1.54) is 7.05 Å². The van der Waals surface area contributed by atoms with Gasteiger partial charge in [-0.3, -0.25) is 24.7 Å². The molecule has 1 N–H and O–H groups in total. The topological polar surface area (TPSA) is 113 Å². The Bertz CT molecular complexity index is 812. The summed E-state index contributed by atoms with van der Waals surface area (Å²) in [5, 5.41) is 19.4. The Morgan fingerprint density at radius 2 is 1.68 bits per heavy atom. The Balaban J connectivity index is 3.47. The molecule has 0 fully saturated rings. The second kappa shape index (κ2) is 8.59. The lowest BCUT2D eigenvalue weighted by Crippen LogP contribution is -2.50. The fourth-order valence-corrected chi connectivity index (χ4v) is 3.15. The van der Waals surface area contributed by atoms with Gasteiger partial charge < -0.3 is 5.11 Å². The van der Waals surface area contributed by atoms with Gasteiger partial charge in [0.25, 0.3) is 5.88 Å². The number of aliphatic hydroxyl groups is 1. The van der Waals surface area contributed by atoms with E-state index >= 15 is 0 Å². The lowest BCUT2D eigenvalue weighted by molar-refractivity contribution is -0.723. The van der Waals surface area contributed by atoms with Crippen LogP contribution in [0.25, 0.3) is 0 Å². The third-order valence-electron chi connectivity index (χ3n) is 4.47. The highest BCUT2D eigenvalue weighted by molar-refractivity contribution is 6.28. The highest BCUT2D eigenvalue weighted by atomic mass is 35.5. The Hall–Kier alpha value is -2.62. The standard InChI is InChI=1S/C17H26ClN5O5/c1-9(2)21-11(5)12(6)22(10(3)4)14(21)16(25)20(8)17(26)19(7)15(24)13(18)23(27)28/h9-10H,1-8H3/p+1/b15-13-. The maximum Gasteiger partial charge on any atom is 0.397 e. The summed E-state index contributed by atoms with van der Waals surface area (Å²) in [6, 6.07) is -1.06. The molecule has 0 aliphatic heterocycles. The van der Waals surface area contributed by atoms with Gasteiger partial charge in [0, 0.05) is 39.5 Å². The molecule has 11 heteroatoms. The number of halogens is 1. The average molecular weight is 417 g/mol. The minimum Gasteiger partial charge on any atom is -0.489 e. The first-order valence-electron chi connectivity index (χ1n) is 8.67. The Morgan fingerprint density at radius 3 is 2.07 bits per heavy atom. The number of carbonyl (C=O) groups is 2. The molecule has 1 aromatic heterocycles. The van der Waals surface area contributed by atoms with E-state index in [0.29, 0.717) is 10.7 Å². The maximum absolute atomic E-state index is 13.2. The summed E-state index contributed by atoms with van der Waals surface area (Å²) in [5.74, 6) is -1.37. The van der Waals surface area contributed by atoms with E-state index in [-0.39, 0.29) is 12.1 Å². The lowest BCUT2D eigenvalue weighted by atomic mass is 10.3. The summed E-state index contributed by atoms with van der Waals surface area (Å²) in [7, 11) is 2.32. The van der Waals surface area contributed by atoms with Crippen LogP contribution in [0.2, 0.25) is 0 Å². The second-order valence-corrected chi connectivity index (χ2v) is 7.36. The fraction of sp³-hybridized carbons (Fsp3) is 0.588. The third kappa shape index (κ3) is 4.11. The number of amides is 3. The number of imide groups is 1. The van der Waals surface area contributed by atoms with Crippen LogP contribution in [0.5, 0.6) is 0 Å². The van der Waals surface area contributed by atoms with Crippen LogP contribution in [-0.2, 0) is 0 Å². The summed E-state index contributed by atoms with van der Waals surface area (Å²) in [5.41, 5.74) is 1.78. The highest BCUT2D eigenvalue weighted by Crippen LogP contribution is 2.20. The van der Waals surface area contributed by atoms with Gasteiger partial charge in [-0.2, -0.15) is 0 Å². The Labute approximate surface area is 168 Å². The van der Waals surface area contributed by atoms with E-state index in [2.05, 4.69) is 0 Å². The average Bonchev–Trinajstić information content (AvgIpc) is 2.89. The number of carbonyl (C=O) groups excluding carboxylic acids is 2. The summed E-state index contributed by atoms with van der Waals surface area (Å²) < 4.78 is 3.67. The number of aliphatic hydroxyl groups excluding tert-OH is 1. The Kier molecular flexibility index (Phi) is 7.19. The molecule has 0 saturated carbocycles. The van der Waals surface area contributed by atoms with Crippen molar-refractivity contribution in [3.05, 3.63) is 38.4 Å². The largest absolute Gasteiger partial charge is 0.489 e. The molecule has 0 atom stereocenters. The summed E-state index contributed by atoms with van der Waals surface area (Å²) in [6.45, 7) is 11.5. The zero-order chi connectivity index (χ0) is 22.1.